The Morgan fingerprint density at radius 3 is 2.95 bits per heavy atom. The van der Waals surface area contributed by atoms with Crippen LogP contribution in [0.25, 0.3) is 0 Å². The monoisotopic (exact) mass is 285 g/mol. The van der Waals surface area contributed by atoms with Crippen LogP contribution in [0.4, 0.5) is 5.69 Å². The van der Waals surface area contributed by atoms with E-state index in [4.69, 9.17) is 0 Å². The number of amides is 1. The molecule has 1 unspecified atom stereocenters. The molecule has 21 heavy (non-hydrogen) atoms. The van der Waals surface area contributed by atoms with Crippen molar-refractivity contribution < 1.29 is 4.79 Å². The van der Waals surface area contributed by atoms with Crippen molar-refractivity contribution in [2.45, 2.75) is 25.4 Å². The van der Waals surface area contributed by atoms with Gasteiger partial charge in [0.2, 0.25) is 5.91 Å². The molecule has 1 aliphatic heterocycles. The van der Waals surface area contributed by atoms with Gasteiger partial charge < -0.3 is 10.2 Å². The number of nitrogens with zero attached hydrogens (tertiary/aromatic N) is 4. The Hall–Kier alpha value is -2.37. The van der Waals surface area contributed by atoms with Crippen LogP contribution in [0.3, 0.4) is 0 Å². The van der Waals surface area contributed by atoms with Crippen LogP contribution in [-0.4, -0.2) is 39.8 Å². The van der Waals surface area contributed by atoms with E-state index >= 15 is 0 Å². The van der Waals surface area contributed by atoms with Crippen molar-refractivity contribution in [1.82, 2.24) is 20.1 Å². The van der Waals surface area contributed by atoms with Gasteiger partial charge in [0.05, 0.1) is 0 Å². The third kappa shape index (κ3) is 3.39. The minimum absolute atomic E-state index is 0.0274. The van der Waals surface area contributed by atoms with Crippen molar-refractivity contribution in [1.29, 1.82) is 0 Å². The van der Waals surface area contributed by atoms with Crippen LogP contribution in [-0.2, 0) is 11.3 Å². The van der Waals surface area contributed by atoms with E-state index in [2.05, 4.69) is 32.4 Å². The summed E-state index contributed by atoms with van der Waals surface area (Å²) in [6, 6.07) is 10.7. The quantitative estimate of drug-likeness (QED) is 0.892. The van der Waals surface area contributed by atoms with Crippen LogP contribution in [0.5, 0.6) is 0 Å². The number of nitrogens with one attached hydrogen (secondary N) is 1. The van der Waals surface area contributed by atoms with Gasteiger partial charge in [-0.25, -0.2) is 9.67 Å². The molecule has 1 fully saturated rings. The second-order valence-electron chi connectivity index (χ2n) is 5.22. The maximum absolute atomic E-state index is 11.9. The molecule has 3 rings (SSSR count). The minimum Gasteiger partial charge on any atom is -0.367 e. The van der Waals surface area contributed by atoms with Gasteiger partial charge in [-0.05, 0) is 25.0 Å². The average Bonchev–Trinajstić information content (AvgIpc) is 3.17. The highest BCUT2D eigenvalue weighted by atomic mass is 16.2. The lowest BCUT2D eigenvalue weighted by Crippen LogP contribution is -2.41. The molecule has 1 N–H and O–H groups in total. The fraction of sp³-hybridized carbons (Fsp3) is 0.400. The summed E-state index contributed by atoms with van der Waals surface area (Å²) in [5.74, 6) is -0.0274. The average molecular weight is 285 g/mol. The van der Waals surface area contributed by atoms with E-state index in [9.17, 15) is 4.79 Å². The molecule has 6 nitrogen and oxygen atoms in total. The maximum atomic E-state index is 11.9. The lowest BCUT2D eigenvalue weighted by atomic mass is 10.2. The smallest absolute Gasteiger partial charge is 0.241 e. The third-order valence-electron chi connectivity index (χ3n) is 3.77. The molecule has 1 aromatic carbocycles. The molecule has 1 aromatic heterocycles. The third-order valence-corrected chi connectivity index (χ3v) is 3.77. The summed E-state index contributed by atoms with van der Waals surface area (Å²) in [5.41, 5.74) is 1.23. The van der Waals surface area contributed by atoms with Crippen molar-refractivity contribution >= 4 is 11.6 Å². The number of rotatable bonds is 5. The molecule has 1 atom stereocenters. The van der Waals surface area contributed by atoms with Crippen LogP contribution >= 0.6 is 0 Å². The SMILES string of the molecule is O=C(Cn1cncn1)NCC1CCCN1c1ccccc1. The number of carbonyl (C=O) groups excluding carboxylic acids is 1. The summed E-state index contributed by atoms with van der Waals surface area (Å²) in [6.07, 6.45) is 5.25. The van der Waals surface area contributed by atoms with Gasteiger partial charge in [0.1, 0.15) is 19.2 Å². The van der Waals surface area contributed by atoms with E-state index in [0.717, 1.165) is 13.0 Å². The summed E-state index contributed by atoms with van der Waals surface area (Å²) in [5, 5.41) is 6.93. The Morgan fingerprint density at radius 2 is 2.19 bits per heavy atom. The largest absolute Gasteiger partial charge is 0.367 e. The Balaban J connectivity index is 1.53. The Kier molecular flexibility index (Phi) is 4.14. The second-order valence-corrected chi connectivity index (χ2v) is 5.22. The molecule has 0 spiro atoms. The van der Waals surface area contributed by atoms with E-state index in [1.807, 2.05) is 18.2 Å². The molecule has 110 valence electrons. The molecule has 0 saturated carbocycles. The first kappa shape index (κ1) is 13.6. The summed E-state index contributed by atoms with van der Waals surface area (Å²) >= 11 is 0. The second kappa shape index (κ2) is 6.39. The van der Waals surface area contributed by atoms with E-state index in [0.29, 0.717) is 12.6 Å². The molecule has 1 saturated heterocycles. The number of benzene rings is 1. The molecule has 2 heterocycles. The van der Waals surface area contributed by atoms with Crippen LogP contribution in [0, 0.1) is 0 Å². The van der Waals surface area contributed by atoms with Gasteiger partial charge >= 0.3 is 0 Å². The van der Waals surface area contributed by atoms with Gasteiger partial charge in [0, 0.05) is 24.8 Å². The first-order valence-corrected chi connectivity index (χ1v) is 7.24. The zero-order valence-corrected chi connectivity index (χ0v) is 11.9. The summed E-state index contributed by atoms with van der Waals surface area (Å²) < 4.78 is 1.53. The first-order chi connectivity index (χ1) is 10.3. The minimum atomic E-state index is -0.0274. The fourth-order valence-corrected chi connectivity index (χ4v) is 2.76. The highest BCUT2D eigenvalue weighted by molar-refractivity contribution is 5.75. The topological polar surface area (TPSA) is 63.1 Å². The zero-order valence-electron chi connectivity index (χ0n) is 11.9. The van der Waals surface area contributed by atoms with Gasteiger partial charge in [-0.2, -0.15) is 5.10 Å². The molecule has 1 amide bonds. The molecule has 0 aliphatic carbocycles. The highest BCUT2D eigenvalue weighted by Crippen LogP contribution is 2.24. The van der Waals surface area contributed by atoms with Crippen molar-refractivity contribution in [3.05, 3.63) is 43.0 Å². The molecular formula is C15H19N5O. The van der Waals surface area contributed by atoms with Crippen LogP contribution < -0.4 is 10.2 Å². The summed E-state index contributed by atoms with van der Waals surface area (Å²) in [6.45, 7) is 1.94. The predicted octanol–water partition coefficient (Wildman–Crippen LogP) is 1.06. The molecular weight excluding hydrogens is 266 g/mol. The van der Waals surface area contributed by atoms with Gasteiger partial charge in [-0.3, -0.25) is 4.79 Å². The molecule has 1 aliphatic rings. The van der Waals surface area contributed by atoms with Crippen LogP contribution in [0.1, 0.15) is 12.8 Å². The first-order valence-electron chi connectivity index (χ1n) is 7.24. The van der Waals surface area contributed by atoms with Crippen LogP contribution in [0.15, 0.2) is 43.0 Å². The van der Waals surface area contributed by atoms with Gasteiger partial charge in [-0.15, -0.1) is 0 Å². The fourth-order valence-electron chi connectivity index (χ4n) is 2.76. The molecule has 2 aromatic rings. The Labute approximate surface area is 123 Å². The summed E-state index contributed by atoms with van der Waals surface area (Å²) in [7, 11) is 0. The van der Waals surface area contributed by atoms with Crippen molar-refractivity contribution in [3.63, 3.8) is 0 Å². The molecule has 0 radical (unpaired) electrons. The number of anilines is 1. The van der Waals surface area contributed by atoms with E-state index in [1.54, 1.807) is 6.33 Å². The molecule has 0 bridgehead atoms. The standard InChI is InChI=1S/C15H19N5O/c21-15(10-19-12-16-11-18-19)17-9-14-7-4-8-20(14)13-5-2-1-3-6-13/h1-3,5-6,11-12,14H,4,7-10H2,(H,17,21). The van der Waals surface area contributed by atoms with Crippen molar-refractivity contribution in [3.8, 4) is 0 Å². The van der Waals surface area contributed by atoms with Crippen molar-refractivity contribution in [2.24, 2.45) is 0 Å². The molecule has 6 heteroatoms. The highest BCUT2D eigenvalue weighted by Gasteiger charge is 2.24. The number of aromatic nitrogens is 3. The Bertz CT molecular complexity index is 569. The summed E-state index contributed by atoms with van der Waals surface area (Å²) in [4.78, 5) is 18.1. The zero-order chi connectivity index (χ0) is 14.5. The van der Waals surface area contributed by atoms with E-state index in [-0.39, 0.29) is 12.5 Å². The number of carbonyl (C=O) groups is 1. The number of para-hydroxylation sites is 1. The van der Waals surface area contributed by atoms with E-state index < -0.39 is 0 Å². The normalized spacial score (nSPS) is 17.9. The lowest BCUT2D eigenvalue weighted by molar-refractivity contribution is -0.121. The number of hydrogen-bond acceptors (Lipinski definition) is 4. The van der Waals surface area contributed by atoms with Crippen LogP contribution in [0.2, 0.25) is 0 Å². The number of hydrogen-bond donors (Lipinski definition) is 1. The lowest BCUT2D eigenvalue weighted by Gasteiger charge is -2.27. The van der Waals surface area contributed by atoms with Gasteiger partial charge in [0.15, 0.2) is 0 Å². The van der Waals surface area contributed by atoms with Crippen molar-refractivity contribution in [2.75, 3.05) is 18.0 Å². The maximum Gasteiger partial charge on any atom is 0.241 e. The van der Waals surface area contributed by atoms with E-state index in [1.165, 1.54) is 23.1 Å². The van der Waals surface area contributed by atoms with Gasteiger partial charge in [0.25, 0.3) is 0 Å². The predicted molar refractivity (Wildman–Crippen MR) is 79.8 cm³/mol. The van der Waals surface area contributed by atoms with Gasteiger partial charge in [-0.1, -0.05) is 18.2 Å². The Morgan fingerprint density at radius 1 is 1.33 bits per heavy atom.